The number of nitrogens with zero attached hydrogens (tertiary/aromatic N) is 2. The lowest BCUT2D eigenvalue weighted by Crippen LogP contribution is -2.36. The second-order valence-corrected chi connectivity index (χ2v) is 5.52. The number of hydrogen-bond acceptors (Lipinski definition) is 3. The molecule has 19 heavy (non-hydrogen) atoms. The number of aromatic nitrogens is 1. The Hall–Kier alpha value is -1.88. The van der Waals surface area contributed by atoms with Gasteiger partial charge in [0.05, 0.1) is 5.69 Å². The van der Waals surface area contributed by atoms with Crippen molar-refractivity contribution in [1.82, 2.24) is 10.3 Å². The highest BCUT2D eigenvalue weighted by Gasteiger charge is 2.14. The normalized spacial score (nSPS) is 10.3. The van der Waals surface area contributed by atoms with Gasteiger partial charge >= 0.3 is 6.03 Å². The lowest BCUT2D eigenvalue weighted by atomic mass is 10.2. The molecule has 0 aliphatic rings. The van der Waals surface area contributed by atoms with Crippen LogP contribution in [0.15, 0.2) is 30.3 Å². The molecule has 0 saturated carbocycles. The lowest BCUT2D eigenvalue weighted by Gasteiger charge is -2.14. The van der Waals surface area contributed by atoms with Gasteiger partial charge in [-0.15, -0.1) is 11.3 Å². The number of carbonyl (C=O) groups excluding carboxylic acids is 1. The number of amides is 2. The Morgan fingerprint density at radius 3 is 2.58 bits per heavy atom. The van der Waals surface area contributed by atoms with Crippen LogP contribution in [-0.4, -0.2) is 18.1 Å². The van der Waals surface area contributed by atoms with Gasteiger partial charge in [-0.3, -0.25) is 4.90 Å². The molecular weight excluding hydrogens is 258 g/mol. The van der Waals surface area contributed by atoms with Gasteiger partial charge < -0.3 is 5.32 Å². The SMILES string of the molecule is Cc1nc(N(C)C(=O)NCc2ccccc2)sc1C. The summed E-state index contributed by atoms with van der Waals surface area (Å²) in [5.41, 5.74) is 2.05. The molecule has 1 aromatic carbocycles. The molecule has 2 amide bonds. The van der Waals surface area contributed by atoms with Crippen molar-refractivity contribution in [1.29, 1.82) is 0 Å². The van der Waals surface area contributed by atoms with E-state index in [9.17, 15) is 4.79 Å². The van der Waals surface area contributed by atoms with Crippen molar-refractivity contribution in [2.75, 3.05) is 11.9 Å². The topological polar surface area (TPSA) is 45.2 Å². The van der Waals surface area contributed by atoms with Crippen LogP contribution in [0.25, 0.3) is 0 Å². The predicted molar refractivity (Wildman–Crippen MR) is 78.7 cm³/mol. The molecule has 0 unspecified atom stereocenters. The van der Waals surface area contributed by atoms with Crippen molar-refractivity contribution in [3.8, 4) is 0 Å². The lowest BCUT2D eigenvalue weighted by molar-refractivity contribution is 0.247. The summed E-state index contributed by atoms with van der Waals surface area (Å²) < 4.78 is 0. The Kier molecular flexibility index (Phi) is 4.16. The van der Waals surface area contributed by atoms with Gasteiger partial charge in [0, 0.05) is 18.5 Å². The van der Waals surface area contributed by atoms with Crippen LogP contribution in [0.3, 0.4) is 0 Å². The Morgan fingerprint density at radius 1 is 1.32 bits per heavy atom. The summed E-state index contributed by atoms with van der Waals surface area (Å²) in [4.78, 5) is 19.1. The molecule has 5 heteroatoms. The van der Waals surface area contributed by atoms with Gasteiger partial charge in [0.1, 0.15) is 0 Å². The number of urea groups is 1. The van der Waals surface area contributed by atoms with Gasteiger partial charge in [-0.1, -0.05) is 30.3 Å². The van der Waals surface area contributed by atoms with Crippen LogP contribution in [0.4, 0.5) is 9.93 Å². The number of anilines is 1. The third kappa shape index (κ3) is 3.32. The van der Waals surface area contributed by atoms with Crippen molar-refractivity contribution in [2.24, 2.45) is 0 Å². The van der Waals surface area contributed by atoms with Gasteiger partial charge in [0.2, 0.25) is 0 Å². The molecule has 0 fully saturated rings. The molecule has 4 nitrogen and oxygen atoms in total. The first-order valence-corrected chi connectivity index (χ1v) is 6.89. The quantitative estimate of drug-likeness (QED) is 0.935. The Balaban J connectivity index is 1.96. The van der Waals surface area contributed by atoms with E-state index in [0.29, 0.717) is 6.54 Å². The monoisotopic (exact) mass is 275 g/mol. The van der Waals surface area contributed by atoms with Crippen molar-refractivity contribution in [3.05, 3.63) is 46.5 Å². The minimum Gasteiger partial charge on any atom is -0.334 e. The van der Waals surface area contributed by atoms with Crippen LogP contribution in [0.5, 0.6) is 0 Å². The minimum absolute atomic E-state index is 0.141. The number of thiazole rings is 1. The molecule has 0 aliphatic heterocycles. The zero-order valence-electron chi connectivity index (χ0n) is 11.3. The first kappa shape index (κ1) is 13.5. The maximum atomic E-state index is 12.0. The maximum absolute atomic E-state index is 12.0. The Morgan fingerprint density at radius 2 is 2.00 bits per heavy atom. The molecule has 1 heterocycles. The summed E-state index contributed by atoms with van der Waals surface area (Å²) in [5, 5.41) is 3.60. The van der Waals surface area contributed by atoms with Crippen molar-refractivity contribution in [3.63, 3.8) is 0 Å². The smallest absolute Gasteiger partial charge is 0.323 e. The van der Waals surface area contributed by atoms with Crippen LogP contribution in [0.2, 0.25) is 0 Å². The highest BCUT2D eigenvalue weighted by Crippen LogP contribution is 2.24. The highest BCUT2D eigenvalue weighted by atomic mass is 32.1. The van der Waals surface area contributed by atoms with E-state index >= 15 is 0 Å². The largest absolute Gasteiger partial charge is 0.334 e. The average molecular weight is 275 g/mol. The van der Waals surface area contributed by atoms with Crippen LogP contribution < -0.4 is 10.2 Å². The van der Waals surface area contributed by atoms with E-state index in [0.717, 1.165) is 21.3 Å². The molecule has 0 aliphatic carbocycles. The molecule has 0 radical (unpaired) electrons. The number of hydrogen-bond donors (Lipinski definition) is 1. The van der Waals surface area contributed by atoms with Crippen molar-refractivity contribution >= 4 is 22.5 Å². The van der Waals surface area contributed by atoms with Crippen LogP contribution >= 0.6 is 11.3 Å². The first-order chi connectivity index (χ1) is 9.08. The summed E-state index contributed by atoms with van der Waals surface area (Å²) in [7, 11) is 1.73. The van der Waals surface area contributed by atoms with Crippen LogP contribution in [-0.2, 0) is 6.54 Å². The van der Waals surface area contributed by atoms with E-state index in [-0.39, 0.29) is 6.03 Å². The van der Waals surface area contributed by atoms with E-state index in [4.69, 9.17) is 0 Å². The maximum Gasteiger partial charge on any atom is 0.323 e. The molecule has 0 atom stereocenters. The Labute approximate surface area is 117 Å². The number of carbonyl (C=O) groups is 1. The standard InChI is InChI=1S/C14H17N3OS/c1-10-11(2)19-14(16-10)17(3)13(18)15-9-12-7-5-4-6-8-12/h4-8H,9H2,1-3H3,(H,15,18). The van der Waals surface area contributed by atoms with Crippen molar-refractivity contribution < 1.29 is 4.79 Å². The predicted octanol–water partition coefficient (Wildman–Crippen LogP) is 3.11. The number of benzene rings is 1. The summed E-state index contributed by atoms with van der Waals surface area (Å²) >= 11 is 1.53. The van der Waals surface area contributed by atoms with E-state index < -0.39 is 0 Å². The molecule has 1 aromatic heterocycles. The first-order valence-electron chi connectivity index (χ1n) is 6.07. The molecule has 2 aromatic rings. The van der Waals surface area contributed by atoms with E-state index in [1.54, 1.807) is 11.9 Å². The van der Waals surface area contributed by atoms with E-state index in [2.05, 4.69) is 10.3 Å². The number of rotatable bonds is 3. The fourth-order valence-corrected chi connectivity index (χ4v) is 2.45. The summed E-state index contributed by atoms with van der Waals surface area (Å²) in [6.45, 7) is 4.48. The van der Waals surface area contributed by atoms with E-state index in [1.165, 1.54) is 11.3 Å². The van der Waals surface area contributed by atoms with Gasteiger partial charge in [0.25, 0.3) is 0 Å². The molecule has 0 saturated heterocycles. The summed E-state index contributed by atoms with van der Waals surface area (Å²) in [6, 6.07) is 9.70. The summed E-state index contributed by atoms with van der Waals surface area (Å²) in [6.07, 6.45) is 0. The van der Waals surface area contributed by atoms with Gasteiger partial charge in [-0.05, 0) is 19.4 Å². The number of nitrogens with one attached hydrogen (secondary N) is 1. The molecule has 0 bridgehead atoms. The second-order valence-electron chi connectivity index (χ2n) is 4.34. The number of aryl methyl sites for hydroxylation is 2. The molecule has 0 spiro atoms. The van der Waals surface area contributed by atoms with Crippen LogP contribution in [0, 0.1) is 13.8 Å². The molecule has 2 rings (SSSR count). The van der Waals surface area contributed by atoms with Gasteiger partial charge in [-0.2, -0.15) is 0 Å². The fraction of sp³-hybridized carbons (Fsp3) is 0.286. The molecule has 1 N–H and O–H groups in total. The van der Waals surface area contributed by atoms with Crippen molar-refractivity contribution in [2.45, 2.75) is 20.4 Å². The second kappa shape index (κ2) is 5.84. The zero-order valence-corrected chi connectivity index (χ0v) is 12.1. The third-order valence-electron chi connectivity index (χ3n) is 2.90. The van der Waals surface area contributed by atoms with E-state index in [1.807, 2.05) is 44.2 Å². The average Bonchev–Trinajstić information content (AvgIpc) is 2.76. The van der Waals surface area contributed by atoms with Gasteiger partial charge in [-0.25, -0.2) is 9.78 Å². The summed E-state index contributed by atoms with van der Waals surface area (Å²) in [5.74, 6) is 0. The fourth-order valence-electron chi connectivity index (χ4n) is 1.58. The molecule has 100 valence electrons. The van der Waals surface area contributed by atoms with Crippen LogP contribution in [0.1, 0.15) is 16.1 Å². The highest BCUT2D eigenvalue weighted by molar-refractivity contribution is 7.15. The Bertz CT molecular complexity index is 546. The zero-order chi connectivity index (χ0) is 13.8. The minimum atomic E-state index is -0.141. The molecular formula is C14H17N3OS. The third-order valence-corrected chi connectivity index (χ3v) is 4.04. The van der Waals surface area contributed by atoms with Gasteiger partial charge in [0.15, 0.2) is 5.13 Å².